The number of likely N-dealkylation sites (N-methyl/N-ethyl adjacent to an activating group) is 1. The number of piperazine rings is 1. The molecule has 30 heavy (non-hydrogen) atoms. The molecule has 5 heteroatoms. The van der Waals surface area contributed by atoms with Gasteiger partial charge in [0.1, 0.15) is 6.07 Å². The van der Waals surface area contributed by atoms with Crippen molar-refractivity contribution in [3.8, 4) is 27.0 Å². The van der Waals surface area contributed by atoms with Crippen molar-refractivity contribution in [1.82, 2.24) is 9.88 Å². The minimum Gasteiger partial charge on any atom is -0.369 e. The van der Waals surface area contributed by atoms with Crippen LogP contribution in [0.1, 0.15) is 5.56 Å². The second kappa shape index (κ2) is 7.91. The van der Waals surface area contributed by atoms with E-state index in [2.05, 4.69) is 76.4 Å². The van der Waals surface area contributed by atoms with Crippen LogP contribution in [0.2, 0.25) is 0 Å². The van der Waals surface area contributed by atoms with E-state index in [-0.39, 0.29) is 0 Å². The Kier molecular flexibility index (Phi) is 4.96. The fourth-order valence-corrected chi connectivity index (χ4v) is 5.03. The molecule has 1 saturated heterocycles. The molecule has 0 unspecified atom stereocenters. The summed E-state index contributed by atoms with van der Waals surface area (Å²) in [6, 6.07) is 21.8. The Morgan fingerprint density at radius 3 is 2.50 bits per heavy atom. The summed E-state index contributed by atoms with van der Waals surface area (Å²) in [6.07, 6.45) is 3.37. The minimum atomic E-state index is 0.612. The molecular weight excluding hydrogens is 388 g/mol. The molecule has 0 amide bonds. The second-order valence-electron chi connectivity index (χ2n) is 7.73. The lowest BCUT2D eigenvalue weighted by atomic mass is 10.0. The molecule has 0 radical (unpaired) electrons. The number of benzene rings is 2. The lowest BCUT2D eigenvalue weighted by Crippen LogP contribution is -2.44. The first-order valence-corrected chi connectivity index (χ1v) is 10.9. The van der Waals surface area contributed by atoms with Gasteiger partial charge in [0.25, 0.3) is 0 Å². The number of fused-ring (bicyclic) bond motifs is 1. The van der Waals surface area contributed by atoms with E-state index < -0.39 is 0 Å². The molecule has 3 heterocycles. The van der Waals surface area contributed by atoms with Crippen LogP contribution in [0.3, 0.4) is 0 Å². The third-order valence-corrected chi connectivity index (χ3v) is 6.96. The fourth-order valence-electron chi connectivity index (χ4n) is 3.98. The molecule has 2 aromatic heterocycles. The Morgan fingerprint density at radius 2 is 1.67 bits per heavy atom. The van der Waals surface area contributed by atoms with Gasteiger partial charge in [-0.2, -0.15) is 5.26 Å². The van der Waals surface area contributed by atoms with Crippen LogP contribution < -0.4 is 4.90 Å². The maximum Gasteiger partial charge on any atom is 0.101 e. The Balaban J connectivity index is 1.44. The molecule has 4 aromatic rings. The summed E-state index contributed by atoms with van der Waals surface area (Å²) in [6.45, 7) is 4.39. The summed E-state index contributed by atoms with van der Waals surface area (Å²) in [5.41, 5.74) is 4.07. The Labute approximate surface area is 180 Å². The van der Waals surface area contributed by atoms with E-state index in [1.807, 2.05) is 6.07 Å². The molecule has 0 N–H and O–H groups in total. The average Bonchev–Trinajstić information content (AvgIpc) is 3.29. The molecular formula is C25H22N4S. The van der Waals surface area contributed by atoms with Crippen molar-refractivity contribution in [2.24, 2.45) is 0 Å². The van der Waals surface area contributed by atoms with Crippen molar-refractivity contribution in [2.45, 2.75) is 0 Å². The third-order valence-electron chi connectivity index (χ3n) is 5.79. The van der Waals surface area contributed by atoms with E-state index in [1.165, 1.54) is 26.9 Å². The number of nitrogens with zero attached hydrogens (tertiary/aromatic N) is 4. The van der Waals surface area contributed by atoms with Gasteiger partial charge >= 0.3 is 0 Å². The normalized spacial score (nSPS) is 14.7. The highest BCUT2D eigenvalue weighted by Gasteiger charge is 2.15. The zero-order valence-corrected chi connectivity index (χ0v) is 17.7. The van der Waals surface area contributed by atoms with Gasteiger partial charge in [-0.3, -0.25) is 4.98 Å². The Bertz CT molecular complexity index is 1250. The van der Waals surface area contributed by atoms with Gasteiger partial charge in [0, 0.05) is 59.6 Å². The Morgan fingerprint density at radius 1 is 0.900 bits per heavy atom. The van der Waals surface area contributed by atoms with Crippen LogP contribution >= 0.6 is 11.3 Å². The van der Waals surface area contributed by atoms with Gasteiger partial charge in [-0.1, -0.05) is 18.2 Å². The van der Waals surface area contributed by atoms with Gasteiger partial charge in [-0.25, -0.2) is 0 Å². The largest absolute Gasteiger partial charge is 0.369 e. The van der Waals surface area contributed by atoms with Crippen LogP contribution in [-0.4, -0.2) is 43.1 Å². The average molecular weight is 411 g/mol. The summed E-state index contributed by atoms with van der Waals surface area (Å²) in [5.74, 6) is 0. The van der Waals surface area contributed by atoms with Crippen molar-refractivity contribution in [2.75, 3.05) is 38.1 Å². The number of anilines is 1. The SMILES string of the molecule is CN1CCN(c2ccc3cc(-c4ccc(-c5ccncc5C#N)s4)ccc3c2)CC1. The number of hydrogen-bond acceptors (Lipinski definition) is 5. The molecule has 0 spiro atoms. The molecule has 2 aromatic carbocycles. The van der Waals surface area contributed by atoms with Gasteiger partial charge < -0.3 is 9.80 Å². The smallest absolute Gasteiger partial charge is 0.101 e. The van der Waals surface area contributed by atoms with Crippen molar-refractivity contribution < 1.29 is 0 Å². The summed E-state index contributed by atoms with van der Waals surface area (Å²) in [4.78, 5) is 11.2. The van der Waals surface area contributed by atoms with Crippen molar-refractivity contribution in [3.63, 3.8) is 0 Å². The maximum atomic E-state index is 9.36. The van der Waals surface area contributed by atoms with E-state index in [0.29, 0.717) is 5.56 Å². The third kappa shape index (κ3) is 3.56. The second-order valence-corrected chi connectivity index (χ2v) is 8.82. The van der Waals surface area contributed by atoms with Crippen molar-refractivity contribution >= 4 is 27.8 Å². The molecule has 4 nitrogen and oxygen atoms in total. The van der Waals surface area contributed by atoms with Gasteiger partial charge in [0.15, 0.2) is 0 Å². The van der Waals surface area contributed by atoms with Crippen LogP contribution in [-0.2, 0) is 0 Å². The number of thiophene rings is 1. The molecule has 1 fully saturated rings. The van der Waals surface area contributed by atoms with Crippen LogP contribution in [0.25, 0.3) is 31.7 Å². The summed E-state index contributed by atoms with van der Waals surface area (Å²) < 4.78 is 0. The molecule has 1 aliphatic rings. The van der Waals surface area contributed by atoms with Gasteiger partial charge in [0.2, 0.25) is 0 Å². The predicted molar refractivity (Wildman–Crippen MR) is 125 cm³/mol. The van der Waals surface area contributed by atoms with Crippen LogP contribution in [0.5, 0.6) is 0 Å². The van der Waals surface area contributed by atoms with Crippen molar-refractivity contribution in [3.05, 3.63) is 72.6 Å². The monoisotopic (exact) mass is 410 g/mol. The molecule has 0 aliphatic carbocycles. The quantitative estimate of drug-likeness (QED) is 0.462. The molecule has 0 atom stereocenters. The van der Waals surface area contributed by atoms with Gasteiger partial charge in [0.05, 0.1) is 5.56 Å². The molecule has 0 bridgehead atoms. The van der Waals surface area contributed by atoms with Crippen LogP contribution in [0, 0.1) is 11.3 Å². The van der Waals surface area contributed by atoms with Crippen LogP contribution in [0.15, 0.2) is 67.0 Å². The lowest BCUT2D eigenvalue weighted by molar-refractivity contribution is 0.313. The topological polar surface area (TPSA) is 43.2 Å². The Hall–Kier alpha value is -3.20. The zero-order valence-electron chi connectivity index (χ0n) is 16.9. The predicted octanol–water partition coefficient (Wildman–Crippen LogP) is 5.25. The first-order valence-electron chi connectivity index (χ1n) is 10.1. The summed E-state index contributed by atoms with van der Waals surface area (Å²) in [5, 5.41) is 11.9. The highest BCUT2D eigenvalue weighted by Crippen LogP contribution is 2.37. The first-order chi connectivity index (χ1) is 14.7. The summed E-state index contributed by atoms with van der Waals surface area (Å²) >= 11 is 1.71. The number of pyridine rings is 1. The maximum absolute atomic E-state index is 9.36. The van der Waals surface area contributed by atoms with Crippen LogP contribution in [0.4, 0.5) is 5.69 Å². The highest BCUT2D eigenvalue weighted by molar-refractivity contribution is 7.18. The fraction of sp³-hybridized carbons (Fsp3) is 0.200. The van der Waals surface area contributed by atoms with E-state index in [1.54, 1.807) is 23.7 Å². The number of hydrogen-bond donors (Lipinski definition) is 0. The lowest BCUT2D eigenvalue weighted by Gasteiger charge is -2.34. The molecule has 0 saturated carbocycles. The summed E-state index contributed by atoms with van der Waals surface area (Å²) in [7, 11) is 2.19. The molecule has 5 rings (SSSR count). The zero-order chi connectivity index (χ0) is 20.5. The standard InChI is InChI=1S/C25H22N4S/c1-28-10-12-29(13-11-28)22-5-4-18-14-20(3-2-19(18)15-22)24-6-7-25(30-24)23-8-9-27-17-21(23)16-26/h2-9,14-15,17H,10-13H2,1H3. The van der Waals surface area contributed by atoms with Crippen molar-refractivity contribution in [1.29, 1.82) is 5.26 Å². The van der Waals surface area contributed by atoms with E-state index in [9.17, 15) is 5.26 Å². The van der Waals surface area contributed by atoms with E-state index in [4.69, 9.17) is 0 Å². The van der Waals surface area contributed by atoms with E-state index >= 15 is 0 Å². The number of nitriles is 1. The number of aromatic nitrogens is 1. The first kappa shape index (κ1) is 18.8. The van der Waals surface area contributed by atoms with Gasteiger partial charge in [-0.15, -0.1) is 11.3 Å². The van der Waals surface area contributed by atoms with Gasteiger partial charge in [-0.05, 0) is 59.8 Å². The molecule has 1 aliphatic heterocycles. The highest BCUT2D eigenvalue weighted by atomic mass is 32.1. The van der Waals surface area contributed by atoms with E-state index in [0.717, 1.165) is 36.6 Å². The minimum absolute atomic E-state index is 0.612. The number of rotatable bonds is 3. The molecule has 148 valence electrons.